The lowest BCUT2D eigenvalue weighted by Crippen LogP contribution is -2.52. The third kappa shape index (κ3) is 9.17. The van der Waals surface area contributed by atoms with Gasteiger partial charge in [0.1, 0.15) is 29.8 Å². The zero-order valence-electron chi connectivity index (χ0n) is 39.7. The van der Waals surface area contributed by atoms with Crippen molar-refractivity contribution in [3.63, 3.8) is 0 Å². The van der Waals surface area contributed by atoms with Gasteiger partial charge in [0.15, 0.2) is 11.5 Å². The molecular formula is C52H54N10O9. The number of nitrogens with one attached hydrogen (secondary N) is 4. The molecule has 366 valence electrons. The maximum Gasteiger partial charge on any atom is 0.407 e. The van der Waals surface area contributed by atoms with E-state index in [1.807, 2.05) is 105 Å². The number of imidazole rings is 2. The molecule has 4 aromatic carbocycles. The molecular weight excluding hydrogens is 909 g/mol. The highest BCUT2D eigenvalue weighted by atomic mass is 16.7. The smallest absolute Gasteiger partial charge is 0.407 e. The number of nitrogens with zero attached hydrogens (tertiary/aromatic N) is 6. The number of carbonyl (C=O) groups is 5. The topological polar surface area (TPSA) is 217 Å². The fraction of sp³-hybridized carbons (Fsp3) is 0.327. The minimum Gasteiger partial charge on any atom is -0.454 e. The summed E-state index contributed by atoms with van der Waals surface area (Å²) in [7, 11) is 2.52. The van der Waals surface area contributed by atoms with Crippen LogP contribution in [-0.4, -0.2) is 116 Å². The number of rotatable bonds is 11. The molecule has 71 heavy (non-hydrogen) atoms. The van der Waals surface area contributed by atoms with Gasteiger partial charge in [0.05, 0.1) is 63.8 Å². The molecule has 4 aliphatic heterocycles. The van der Waals surface area contributed by atoms with Crippen LogP contribution in [0.4, 0.5) is 14.4 Å². The molecule has 2 saturated heterocycles. The quantitative estimate of drug-likeness (QED) is 0.101. The number of fused-ring (bicyclic) bond motifs is 3. The molecule has 6 aromatic rings. The molecule has 2 aromatic heterocycles. The van der Waals surface area contributed by atoms with Gasteiger partial charge in [0, 0.05) is 18.7 Å². The van der Waals surface area contributed by atoms with Crippen LogP contribution in [0.2, 0.25) is 0 Å². The van der Waals surface area contributed by atoms with E-state index in [2.05, 4.69) is 20.6 Å². The first-order valence-electron chi connectivity index (χ1n) is 23.6. The molecule has 4 N–H and O–H groups in total. The number of hydrogen-bond acceptors (Lipinski definition) is 11. The van der Waals surface area contributed by atoms with Crippen LogP contribution < -0.4 is 20.1 Å². The van der Waals surface area contributed by atoms with E-state index in [1.54, 1.807) is 32.0 Å². The summed E-state index contributed by atoms with van der Waals surface area (Å²) in [4.78, 5) is 90.3. The van der Waals surface area contributed by atoms with Gasteiger partial charge in [-0.1, -0.05) is 98.8 Å². The summed E-state index contributed by atoms with van der Waals surface area (Å²) < 4.78 is 21.0. The molecule has 0 saturated carbocycles. The van der Waals surface area contributed by atoms with Gasteiger partial charge in [-0.25, -0.2) is 24.4 Å². The predicted molar refractivity (Wildman–Crippen MR) is 258 cm³/mol. The Morgan fingerprint density at radius 2 is 1.31 bits per heavy atom. The van der Waals surface area contributed by atoms with Crippen LogP contribution in [0.3, 0.4) is 0 Å². The molecule has 3 unspecified atom stereocenters. The van der Waals surface area contributed by atoms with Crippen LogP contribution in [0.25, 0.3) is 33.6 Å². The number of H-pyrrole nitrogens is 2. The maximum absolute atomic E-state index is 14.4. The molecule has 4 atom stereocenters. The Morgan fingerprint density at radius 3 is 1.94 bits per heavy atom. The van der Waals surface area contributed by atoms with Crippen molar-refractivity contribution in [3.8, 4) is 45.1 Å². The number of methoxy groups -OCH3 is 2. The van der Waals surface area contributed by atoms with Crippen molar-refractivity contribution in [2.24, 2.45) is 5.92 Å². The summed E-state index contributed by atoms with van der Waals surface area (Å²) in [5.41, 5.74) is 7.89. The summed E-state index contributed by atoms with van der Waals surface area (Å²) in [5, 5.41) is 5.40. The maximum atomic E-state index is 14.4. The molecule has 19 heteroatoms. The molecule has 2 fully saturated rings. The fourth-order valence-electron chi connectivity index (χ4n) is 9.88. The van der Waals surface area contributed by atoms with Crippen molar-refractivity contribution in [2.45, 2.75) is 63.9 Å². The van der Waals surface area contributed by atoms with E-state index >= 15 is 0 Å². The van der Waals surface area contributed by atoms with Crippen molar-refractivity contribution in [3.05, 3.63) is 132 Å². The Labute approximate surface area is 409 Å². The number of hydrogen-bond donors (Lipinski definition) is 4. The van der Waals surface area contributed by atoms with Gasteiger partial charge in [0.25, 0.3) is 5.91 Å². The summed E-state index contributed by atoms with van der Waals surface area (Å²) in [6.07, 6.45) is 3.61. The van der Waals surface area contributed by atoms with Gasteiger partial charge >= 0.3 is 18.2 Å². The van der Waals surface area contributed by atoms with Gasteiger partial charge in [-0.05, 0) is 58.2 Å². The zero-order valence-corrected chi connectivity index (χ0v) is 39.7. The van der Waals surface area contributed by atoms with Crippen LogP contribution in [0, 0.1) is 5.92 Å². The first-order valence-corrected chi connectivity index (χ1v) is 23.6. The number of likely N-dealkylation sites (tertiary alicyclic amines) is 1. The Hall–Kier alpha value is -8.35. The van der Waals surface area contributed by atoms with Gasteiger partial charge in [-0.3, -0.25) is 9.59 Å². The molecule has 0 aliphatic carbocycles. The average molecular weight is 963 g/mol. The Morgan fingerprint density at radius 1 is 0.690 bits per heavy atom. The Balaban J connectivity index is 0.827. The van der Waals surface area contributed by atoms with Gasteiger partial charge in [-0.15, -0.1) is 0 Å². The third-order valence-electron chi connectivity index (χ3n) is 13.7. The summed E-state index contributed by atoms with van der Waals surface area (Å²) in [6.45, 7) is 5.21. The number of benzene rings is 4. The number of ether oxygens (including phenoxy) is 4. The Bertz CT molecular complexity index is 2960. The minimum absolute atomic E-state index is 0.0165. The van der Waals surface area contributed by atoms with Gasteiger partial charge in [-0.2, -0.15) is 0 Å². The standard InChI is InChI=1S/C52H54N10O9/c1-30(2)43(57-50(65)68-3)48(63)62-28-60(52(67)59-25-36-20-21-42-45(37(36)26-59)71-29-70-42)27-41(62)47-54-24-39(56-47)34-18-14-32(15-19-34)31-12-16-33(17-13-31)38-23-53-46(55-38)40-11-8-22-61(40)49(64)44(58-51(66)69-4)35-9-6-5-7-10-35/h5-7,9-10,12-21,23-24,30,40-41,43-44H,8,11,22,25-29H2,1-4H3,(H,53,55)(H,54,56)(H,57,65)(H,58,66)/t40?,41?,43-,44?/m0/s1. The van der Waals surface area contributed by atoms with Crippen molar-refractivity contribution >= 4 is 30.0 Å². The summed E-state index contributed by atoms with van der Waals surface area (Å²) >= 11 is 0. The largest absolute Gasteiger partial charge is 0.454 e. The van der Waals surface area contributed by atoms with Crippen molar-refractivity contribution in [1.82, 2.24) is 50.2 Å². The van der Waals surface area contributed by atoms with E-state index in [0.29, 0.717) is 48.3 Å². The molecule has 4 aliphatic rings. The lowest BCUT2D eigenvalue weighted by Gasteiger charge is -2.29. The van der Waals surface area contributed by atoms with Crippen LogP contribution in [0.5, 0.6) is 11.5 Å². The lowest BCUT2D eigenvalue weighted by atomic mass is 10.0. The van der Waals surface area contributed by atoms with Crippen molar-refractivity contribution in [2.75, 3.05) is 40.8 Å². The van der Waals surface area contributed by atoms with E-state index in [9.17, 15) is 24.0 Å². The molecule has 0 bridgehead atoms. The third-order valence-corrected chi connectivity index (χ3v) is 13.7. The fourth-order valence-corrected chi connectivity index (χ4v) is 9.88. The average Bonchev–Trinajstić information content (AvgIpc) is 4.26. The van der Waals surface area contributed by atoms with E-state index in [1.165, 1.54) is 14.2 Å². The first-order chi connectivity index (χ1) is 34.5. The molecule has 6 amide bonds. The highest BCUT2D eigenvalue weighted by Crippen LogP contribution is 2.42. The lowest BCUT2D eigenvalue weighted by molar-refractivity contribution is -0.136. The van der Waals surface area contributed by atoms with Gasteiger partial charge < -0.3 is 59.1 Å². The number of aromatic amines is 2. The van der Waals surface area contributed by atoms with Gasteiger partial charge in [0.2, 0.25) is 12.7 Å². The molecule has 6 heterocycles. The summed E-state index contributed by atoms with van der Waals surface area (Å²) in [6, 6.07) is 26.1. The second kappa shape index (κ2) is 19.6. The van der Waals surface area contributed by atoms with Crippen LogP contribution in [0.15, 0.2) is 103 Å². The van der Waals surface area contributed by atoms with Crippen LogP contribution >= 0.6 is 0 Å². The number of alkyl carbamates (subject to hydrolysis) is 2. The normalized spacial score (nSPS) is 17.8. The molecule has 19 nitrogen and oxygen atoms in total. The molecule has 10 rings (SSSR count). The monoisotopic (exact) mass is 962 g/mol. The summed E-state index contributed by atoms with van der Waals surface area (Å²) in [5.74, 6) is 1.61. The Kier molecular flexibility index (Phi) is 12.8. The number of aromatic nitrogens is 4. The minimum atomic E-state index is -0.915. The van der Waals surface area contributed by atoms with Crippen molar-refractivity contribution < 1.29 is 42.9 Å². The van der Waals surface area contributed by atoms with E-state index in [0.717, 1.165) is 57.6 Å². The second-order valence-corrected chi connectivity index (χ2v) is 18.3. The highest BCUT2D eigenvalue weighted by molar-refractivity contribution is 5.88. The second-order valence-electron chi connectivity index (χ2n) is 18.3. The first kappa shape index (κ1) is 46.4. The molecule has 0 radical (unpaired) electrons. The number of amides is 6. The van der Waals surface area contributed by atoms with Crippen LogP contribution in [-0.2, 0) is 32.2 Å². The molecule has 0 spiro atoms. The highest BCUT2D eigenvalue weighted by Gasteiger charge is 2.44. The van der Waals surface area contributed by atoms with E-state index < -0.39 is 30.3 Å². The zero-order chi connectivity index (χ0) is 49.3. The van der Waals surface area contributed by atoms with E-state index in [-0.39, 0.29) is 49.8 Å². The number of urea groups is 1. The SMILES string of the molecule is COC(=O)NC(C(=O)N1CCCC1c1ncc(-c2ccc(-c3ccc(-c4cnc(C5CN(C(=O)N6Cc7ccc8c(c7C6)OCO8)CN5C(=O)[C@@H](NC(=O)OC)C(C)C)[nH]4)cc3)cc2)[nH]1)c1ccccc1. The van der Waals surface area contributed by atoms with E-state index in [4.69, 9.17) is 28.9 Å². The number of carbonyl (C=O) groups excluding carboxylic acids is 5. The van der Waals surface area contributed by atoms with Crippen LogP contribution in [0.1, 0.15) is 73.2 Å². The predicted octanol–water partition coefficient (Wildman–Crippen LogP) is 7.28. The van der Waals surface area contributed by atoms with Crippen molar-refractivity contribution in [1.29, 1.82) is 0 Å².